The summed E-state index contributed by atoms with van der Waals surface area (Å²) in [5.74, 6) is -0.902. The Morgan fingerprint density at radius 3 is 2.71 bits per heavy atom. The molecule has 0 saturated carbocycles. The van der Waals surface area contributed by atoms with Crippen molar-refractivity contribution in [2.45, 2.75) is 31.5 Å². The first-order chi connectivity index (χ1) is 13.5. The van der Waals surface area contributed by atoms with Gasteiger partial charge in [-0.25, -0.2) is 4.98 Å². The van der Waals surface area contributed by atoms with E-state index in [1.165, 1.54) is 12.3 Å². The number of hydrazine groups is 1. The molecule has 0 unspecified atom stereocenters. The third-order valence-electron chi connectivity index (χ3n) is 4.20. The van der Waals surface area contributed by atoms with Gasteiger partial charge >= 0.3 is 5.91 Å². The Kier molecular flexibility index (Phi) is 6.15. The molecule has 1 aromatic carbocycles. The third-order valence-corrected chi connectivity index (χ3v) is 5.15. The number of nitrogens with one attached hydrogen (secondary N) is 2. The molecule has 9 heteroatoms. The van der Waals surface area contributed by atoms with Gasteiger partial charge in [-0.1, -0.05) is 30.8 Å². The average molecular weight is 400 g/mol. The summed E-state index contributed by atoms with van der Waals surface area (Å²) < 4.78 is 6.56. The van der Waals surface area contributed by atoms with Crippen LogP contribution in [0.1, 0.15) is 36.9 Å². The highest BCUT2D eigenvalue weighted by Crippen LogP contribution is 2.22. The van der Waals surface area contributed by atoms with Crippen molar-refractivity contribution in [2.75, 3.05) is 5.75 Å². The van der Waals surface area contributed by atoms with Gasteiger partial charge in [0.15, 0.2) is 10.9 Å². The number of thioether (sulfide) groups is 1. The smallest absolute Gasteiger partial charge is 0.305 e. The Hall–Kier alpha value is -3.07. The summed E-state index contributed by atoms with van der Waals surface area (Å²) in [6.45, 7) is 3.92. The number of rotatable bonds is 6. The van der Waals surface area contributed by atoms with E-state index in [1.54, 1.807) is 28.8 Å². The Morgan fingerprint density at radius 1 is 1.21 bits per heavy atom. The molecule has 0 aliphatic rings. The van der Waals surface area contributed by atoms with Crippen molar-refractivity contribution in [1.29, 1.82) is 0 Å². The Bertz CT molecular complexity index is 1050. The van der Waals surface area contributed by atoms with Crippen LogP contribution in [0.3, 0.4) is 0 Å². The van der Waals surface area contributed by atoms with E-state index in [1.807, 2.05) is 19.9 Å². The second-order valence-corrected chi connectivity index (χ2v) is 7.05. The number of carbonyl (C=O) groups is 2. The van der Waals surface area contributed by atoms with Crippen LogP contribution in [0.4, 0.5) is 0 Å². The van der Waals surface area contributed by atoms with E-state index in [0.717, 1.165) is 18.2 Å². The highest BCUT2D eigenvalue weighted by molar-refractivity contribution is 7.99. The van der Waals surface area contributed by atoms with Crippen LogP contribution < -0.4 is 16.4 Å². The number of hydrogen-bond acceptors (Lipinski definition) is 6. The summed E-state index contributed by atoms with van der Waals surface area (Å²) in [4.78, 5) is 41.3. The minimum atomic E-state index is -0.552. The molecule has 3 rings (SSSR count). The van der Waals surface area contributed by atoms with Crippen LogP contribution in [0.5, 0.6) is 0 Å². The molecular formula is C19H20N4O4S. The van der Waals surface area contributed by atoms with Crippen LogP contribution >= 0.6 is 11.8 Å². The Labute approximate surface area is 165 Å². The molecule has 0 spiro atoms. The highest BCUT2D eigenvalue weighted by atomic mass is 32.2. The molecule has 0 fully saturated rings. The van der Waals surface area contributed by atoms with Gasteiger partial charge in [0.1, 0.15) is 0 Å². The lowest BCUT2D eigenvalue weighted by Gasteiger charge is -2.18. The molecule has 3 aromatic rings. The number of nitrogens with zero attached hydrogens (tertiary/aromatic N) is 2. The fraction of sp³-hybridized carbons (Fsp3) is 0.263. The lowest BCUT2D eigenvalue weighted by Crippen LogP contribution is -2.42. The number of amides is 2. The molecule has 2 amide bonds. The van der Waals surface area contributed by atoms with Crippen LogP contribution in [0.15, 0.2) is 57.0 Å². The van der Waals surface area contributed by atoms with Gasteiger partial charge < -0.3 is 4.42 Å². The van der Waals surface area contributed by atoms with Gasteiger partial charge in [-0.15, -0.1) is 0 Å². The molecule has 2 N–H and O–H groups in total. The van der Waals surface area contributed by atoms with E-state index in [0.29, 0.717) is 16.1 Å². The van der Waals surface area contributed by atoms with Crippen molar-refractivity contribution in [3.63, 3.8) is 0 Å². The maximum Gasteiger partial charge on any atom is 0.305 e. The second-order valence-electron chi connectivity index (χ2n) is 6.11. The molecule has 0 radical (unpaired) electrons. The molecule has 0 aliphatic heterocycles. The lowest BCUT2D eigenvalue weighted by atomic mass is 10.2. The SMILES string of the molecule is CC[C@H](C)n1c(SCC(=O)NNC(=O)c2ccco2)nc2ccccc2c1=O. The van der Waals surface area contributed by atoms with Gasteiger partial charge in [0, 0.05) is 6.04 Å². The zero-order valence-electron chi connectivity index (χ0n) is 15.5. The van der Waals surface area contributed by atoms with Crippen molar-refractivity contribution in [3.05, 3.63) is 58.8 Å². The quantitative estimate of drug-likeness (QED) is 0.374. The molecule has 0 bridgehead atoms. The van der Waals surface area contributed by atoms with Gasteiger partial charge in [0.05, 0.1) is 22.9 Å². The maximum atomic E-state index is 12.9. The van der Waals surface area contributed by atoms with Crippen LogP contribution in [-0.4, -0.2) is 27.1 Å². The normalized spacial score (nSPS) is 11.9. The van der Waals surface area contributed by atoms with Gasteiger partial charge in [-0.2, -0.15) is 0 Å². The number of para-hydroxylation sites is 1. The van der Waals surface area contributed by atoms with Crippen LogP contribution in [-0.2, 0) is 4.79 Å². The summed E-state index contributed by atoms with van der Waals surface area (Å²) in [5, 5.41) is 1.01. The van der Waals surface area contributed by atoms with Crippen molar-refractivity contribution in [3.8, 4) is 0 Å². The molecule has 28 heavy (non-hydrogen) atoms. The molecule has 2 aromatic heterocycles. The lowest BCUT2D eigenvalue weighted by molar-refractivity contribution is -0.119. The number of benzene rings is 1. The van der Waals surface area contributed by atoms with Gasteiger partial charge in [-0.3, -0.25) is 29.8 Å². The number of fused-ring (bicyclic) bond motifs is 1. The highest BCUT2D eigenvalue weighted by Gasteiger charge is 2.17. The molecule has 146 valence electrons. The second kappa shape index (κ2) is 8.75. The molecule has 8 nitrogen and oxygen atoms in total. The summed E-state index contributed by atoms with van der Waals surface area (Å²) in [6.07, 6.45) is 2.12. The first kappa shape index (κ1) is 19.7. The summed E-state index contributed by atoms with van der Waals surface area (Å²) in [7, 11) is 0. The van der Waals surface area contributed by atoms with E-state index < -0.39 is 11.8 Å². The number of furan rings is 1. The first-order valence-electron chi connectivity index (χ1n) is 8.78. The summed E-state index contributed by atoms with van der Waals surface area (Å²) in [5.41, 5.74) is 5.05. The summed E-state index contributed by atoms with van der Waals surface area (Å²) in [6, 6.07) is 10.1. The first-order valence-corrected chi connectivity index (χ1v) is 9.76. The largest absolute Gasteiger partial charge is 0.459 e. The number of aromatic nitrogens is 2. The van der Waals surface area contributed by atoms with Crippen molar-refractivity contribution < 1.29 is 14.0 Å². The van der Waals surface area contributed by atoms with Crippen molar-refractivity contribution in [2.24, 2.45) is 0 Å². The minimum absolute atomic E-state index is 0.0142. The van der Waals surface area contributed by atoms with Gasteiger partial charge in [0.25, 0.3) is 5.56 Å². The fourth-order valence-electron chi connectivity index (χ4n) is 2.56. The average Bonchev–Trinajstić information content (AvgIpc) is 3.25. The molecule has 0 saturated heterocycles. The molecular weight excluding hydrogens is 380 g/mol. The van der Waals surface area contributed by atoms with E-state index >= 15 is 0 Å². The summed E-state index contributed by atoms with van der Waals surface area (Å²) >= 11 is 1.14. The van der Waals surface area contributed by atoms with Crippen LogP contribution in [0, 0.1) is 0 Å². The number of hydrogen-bond donors (Lipinski definition) is 2. The van der Waals surface area contributed by atoms with E-state index in [2.05, 4.69) is 15.8 Å². The topological polar surface area (TPSA) is 106 Å². The van der Waals surface area contributed by atoms with E-state index in [4.69, 9.17) is 4.42 Å². The van der Waals surface area contributed by atoms with E-state index in [9.17, 15) is 14.4 Å². The molecule has 0 aliphatic carbocycles. The van der Waals surface area contributed by atoms with E-state index in [-0.39, 0.29) is 23.1 Å². The monoisotopic (exact) mass is 400 g/mol. The molecule has 1 atom stereocenters. The van der Waals surface area contributed by atoms with Crippen LogP contribution in [0.25, 0.3) is 10.9 Å². The predicted molar refractivity (Wildman–Crippen MR) is 106 cm³/mol. The molecule has 2 heterocycles. The van der Waals surface area contributed by atoms with Crippen LogP contribution in [0.2, 0.25) is 0 Å². The Balaban J connectivity index is 1.73. The Morgan fingerprint density at radius 2 is 2.00 bits per heavy atom. The van der Waals surface area contributed by atoms with Crippen molar-refractivity contribution >= 4 is 34.5 Å². The van der Waals surface area contributed by atoms with Crippen molar-refractivity contribution in [1.82, 2.24) is 20.4 Å². The zero-order chi connectivity index (χ0) is 20.1. The fourth-order valence-corrected chi connectivity index (χ4v) is 3.46. The maximum absolute atomic E-state index is 12.9. The zero-order valence-corrected chi connectivity index (χ0v) is 16.3. The standard InChI is InChI=1S/C19H20N4O4S/c1-3-12(2)23-18(26)13-7-4-5-8-14(13)20-19(23)28-11-16(24)21-22-17(25)15-9-6-10-27-15/h4-10,12H,3,11H2,1-2H3,(H,21,24)(H,22,25)/t12-/m0/s1. The van der Waals surface area contributed by atoms with Gasteiger partial charge in [-0.05, 0) is 37.6 Å². The minimum Gasteiger partial charge on any atom is -0.459 e. The van der Waals surface area contributed by atoms with Gasteiger partial charge in [0.2, 0.25) is 5.91 Å². The number of carbonyl (C=O) groups excluding carboxylic acids is 2. The predicted octanol–water partition coefficient (Wildman–Crippen LogP) is 2.51. The third kappa shape index (κ3) is 4.25.